The molecule has 1 amide bonds. The number of carbonyl (C=O) groups is 2. The van der Waals surface area contributed by atoms with Gasteiger partial charge >= 0.3 is 5.97 Å². The molecule has 1 atom stereocenters. The van der Waals surface area contributed by atoms with Crippen LogP contribution in [0.2, 0.25) is 0 Å². The molecule has 0 spiro atoms. The predicted octanol–water partition coefficient (Wildman–Crippen LogP) is -0.686. The molecule has 5 heteroatoms. The Labute approximate surface area is 101 Å². The highest BCUT2D eigenvalue weighted by Crippen LogP contribution is 2.20. The lowest BCUT2D eigenvalue weighted by Crippen LogP contribution is -2.96. The first-order valence-electron chi connectivity index (χ1n) is 6.56. The number of ether oxygens (including phenoxy) is 1. The van der Waals surface area contributed by atoms with Gasteiger partial charge in [0.1, 0.15) is 12.5 Å². The molecule has 5 nitrogen and oxygen atoms in total. The number of piperazine rings is 1. The highest BCUT2D eigenvalue weighted by atomic mass is 16.5. The summed E-state index contributed by atoms with van der Waals surface area (Å²) >= 11 is 0. The highest BCUT2D eigenvalue weighted by Gasteiger charge is 2.29. The van der Waals surface area contributed by atoms with Gasteiger partial charge in [-0.15, -0.1) is 0 Å². The minimum atomic E-state index is -0.292. The molecule has 1 aliphatic heterocycles. The van der Waals surface area contributed by atoms with Gasteiger partial charge in [0.05, 0.1) is 13.1 Å². The molecule has 1 aliphatic carbocycles. The molecule has 0 radical (unpaired) electrons. The van der Waals surface area contributed by atoms with Crippen LogP contribution in [0.25, 0.3) is 0 Å². The molecule has 96 valence electrons. The molecule has 2 aliphatic rings. The molecule has 2 fully saturated rings. The maximum absolute atomic E-state index is 11.7. The van der Waals surface area contributed by atoms with E-state index < -0.39 is 0 Å². The number of carbonyl (C=O) groups excluding carboxylic acids is 2. The van der Waals surface area contributed by atoms with Gasteiger partial charge in [0, 0.05) is 0 Å². The van der Waals surface area contributed by atoms with Crippen LogP contribution in [0.4, 0.5) is 0 Å². The zero-order valence-electron chi connectivity index (χ0n) is 10.1. The van der Waals surface area contributed by atoms with Crippen LogP contribution in [0.15, 0.2) is 0 Å². The summed E-state index contributed by atoms with van der Waals surface area (Å²) in [6.45, 7) is 1.53. The Morgan fingerprint density at radius 3 is 2.82 bits per heavy atom. The Hall–Kier alpha value is -1.10. The lowest BCUT2D eigenvalue weighted by molar-refractivity contribution is -0.678. The van der Waals surface area contributed by atoms with Crippen molar-refractivity contribution in [2.45, 2.75) is 50.7 Å². The maximum Gasteiger partial charge on any atom is 0.312 e. The highest BCUT2D eigenvalue weighted by molar-refractivity contribution is 5.85. The normalized spacial score (nSPS) is 26.4. The number of quaternary nitrogens is 1. The average molecular weight is 241 g/mol. The molecule has 0 aromatic carbocycles. The number of esters is 1. The average Bonchev–Trinajstić information content (AvgIpc) is 2.33. The van der Waals surface area contributed by atoms with E-state index in [0.717, 1.165) is 32.2 Å². The van der Waals surface area contributed by atoms with Crippen LogP contribution in [0.3, 0.4) is 0 Å². The van der Waals surface area contributed by atoms with Gasteiger partial charge in [-0.1, -0.05) is 6.42 Å². The largest absolute Gasteiger partial charge is 0.462 e. The Bertz CT molecular complexity index is 287. The Morgan fingerprint density at radius 1 is 1.35 bits per heavy atom. The summed E-state index contributed by atoms with van der Waals surface area (Å²) < 4.78 is 5.40. The Morgan fingerprint density at radius 2 is 2.12 bits per heavy atom. The van der Waals surface area contributed by atoms with Gasteiger partial charge in [-0.2, -0.15) is 0 Å². The van der Waals surface area contributed by atoms with Crippen molar-refractivity contribution in [3.05, 3.63) is 0 Å². The number of hydrogen-bond donors (Lipinski definition) is 2. The first kappa shape index (κ1) is 12.4. The second-order valence-corrected chi connectivity index (χ2v) is 4.88. The quantitative estimate of drug-likeness (QED) is 0.643. The van der Waals surface area contributed by atoms with E-state index in [-0.39, 0.29) is 30.4 Å². The third-order valence-corrected chi connectivity index (χ3v) is 3.47. The summed E-state index contributed by atoms with van der Waals surface area (Å²) in [5.41, 5.74) is 0. The monoisotopic (exact) mass is 241 g/mol. The van der Waals surface area contributed by atoms with Crippen molar-refractivity contribution >= 4 is 11.9 Å². The first-order valence-corrected chi connectivity index (χ1v) is 6.56. The summed E-state index contributed by atoms with van der Waals surface area (Å²) in [7, 11) is 0. The minimum Gasteiger partial charge on any atom is -0.462 e. The standard InChI is InChI=1S/C12H20N2O3/c15-11(17-9-4-2-1-3-5-9)8-10-12(16)14-7-6-13-10/h9-10,13H,1-8H2,(H,14,16)/p+1. The fraction of sp³-hybridized carbons (Fsp3) is 0.833. The molecule has 2 rings (SSSR count). The summed E-state index contributed by atoms with van der Waals surface area (Å²) in [6, 6.07) is -0.292. The number of rotatable bonds is 3. The molecule has 0 aromatic heterocycles. The Kier molecular flexibility index (Phi) is 4.36. The molecular weight excluding hydrogens is 220 g/mol. The third-order valence-electron chi connectivity index (χ3n) is 3.47. The van der Waals surface area contributed by atoms with Crippen molar-refractivity contribution in [1.29, 1.82) is 0 Å². The van der Waals surface area contributed by atoms with Crippen molar-refractivity contribution in [1.82, 2.24) is 5.32 Å². The van der Waals surface area contributed by atoms with E-state index in [1.165, 1.54) is 6.42 Å². The van der Waals surface area contributed by atoms with E-state index in [9.17, 15) is 9.59 Å². The van der Waals surface area contributed by atoms with Crippen molar-refractivity contribution in [3.63, 3.8) is 0 Å². The predicted molar refractivity (Wildman–Crippen MR) is 61.2 cm³/mol. The van der Waals surface area contributed by atoms with Gasteiger partial charge in [-0.25, -0.2) is 0 Å². The van der Waals surface area contributed by atoms with Crippen molar-refractivity contribution < 1.29 is 19.6 Å². The fourth-order valence-corrected chi connectivity index (χ4v) is 2.49. The van der Waals surface area contributed by atoms with Crippen LogP contribution >= 0.6 is 0 Å². The van der Waals surface area contributed by atoms with E-state index >= 15 is 0 Å². The van der Waals surface area contributed by atoms with E-state index in [2.05, 4.69) is 5.32 Å². The van der Waals surface area contributed by atoms with Crippen LogP contribution in [-0.4, -0.2) is 37.1 Å². The second-order valence-electron chi connectivity index (χ2n) is 4.88. The molecular formula is C12H21N2O3+. The first-order chi connectivity index (χ1) is 8.25. The van der Waals surface area contributed by atoms with Crippen LogP contribution in [0, 0.1) is 0 Å². The van der Waals surface area contributed by atoms with Crippen LogP contribution in [0.5, 0.6) is 0 Å². The minimum absolute atomic E-state index is 0.0446. The van der Waals surface area contributed by atoms with Crippen LogP contribution in [-0.2, 0) is 14.3 Å². The molecule has 1 saturated heterocycles. The van der Waals surface area contributed by atoms with Crippen molar-refractivity contribution in [2.24, 2.45) is 0 Å². The molecule has 1 heterocycles. The SMILES string of the molecule is O=C(CC1[NH2+]CCNC1=O)OC1CCCCC1. The van der Waals surface area contributed by atoms with Gasteiger partial charge in [0.2, 0.25) is 0 Å². The van der Waals surface area contributed by atoms with Gasteiger partial charge in [0.15, 0.2) is 6.04 Å². The lowest BCUT2D eigenvalue weighted by Gasteiger charge is -2.23. The summed E-state index contributed by atoms with van der Waals surface area (Å²) in [6.07, 6.45) is 5.78. The van der Waals surface area contributed by atoms with Gasteiger partial charge in [-0.05, 0) is 25.7 Å². The molecule has 0 aromatic rings. The summed E-state index contributed by atoms with van der Waals surface area (Å²) in [5, 5.41) is 4.68. The van der Waals surface area contributed by atoms with E-state index in [0.29, 0.717) is 6.54 Å². The number of amides is 1. The zero-order valence-corrected chi connectivity index (χ0v) is 10.1. The van der Waals surface area contributed by atoms with Crippen LogP contribution < -0.4 is 10.6 Å². The molecule has 1 unspecified atom stereocenters. The molecule has 1 saturated carbocycles. The van der Waals surface area contributed by atoms with Gasteiger partial charge in [0.25, 0.3) is 5.91 Å². The van der Waals surface area contributed by atoms with Gasteiger partial charge in [-0.3, -0.25) is 9.59 Å². The lowest BCUT2D eigenvalue weighted by atomic mass is 9.98. The number of nitrogens with one attached hydrogen (secondary N) is 1. The fourth-order valence-electron chi connectivity index (χ4n) is 2.49. The summed E-state index contributed by atoms with van der Waals surface area (Å²) in [5.74, 6) is -0.271. The molecule has 3 N–H and O–H groups in total. The van der Waals surface area contributed by atoms with Crippen LogP contribution in [0.1, 0.15) is 38.5 Å². The van der Waals surface area contributed by atoms with Gasteiger partial charge < -0.3 is 15.4 Å². The summed E-state index contributed by atoms with van der Waals surface area (Å²) in [4.78, 5) is 23.2. The second kappa shape index (κ2) is 6.00. The molecule has 17 heavy (non-hydrogen) atoms. The topological polar surface area (TPSA) is 72.0 Å². The van der Waals surface area contributed by atoms with Crippen molar-refractivity contribution in [2.75, 3.05) is 13.1 Å². The Balaban J connectivity index is 1.74. The van der Waals surface area contributed by atoms with E-state index in [1.54, 1.807) is 0 Å². The molecule has 0 bridgehead atoms. The zero-order chi connectivity index (χ0) is 12.1. The number of nitrogens with two attached hydrogens (primary N) is 1. The van der Waals surface area contributed by atoms with E-state index in [4.69, 9.17) is 4.74 Å². The van der Waals surface area contributed by atoms with E-state index in [1.807, 2.05) is 5.32 Å². The third kappa shape index (κ3) is 3.70. The number of hydrogen-bond acceptors (Lipinski definition) is 3. The maximum atomic E-state index is 11.7. The smallest absolute Gasteiger partial charge is 0.312 e. The van der Waals surface area contributed by atoms with Crippen molar-refractivity contribution in [3.8, 4) is 0 Å².